The Morgan fingerprint density at radius 3 is 2.74 bits per heavy atom. The molecule has 1 saturated carbocycles. The van der Waals surface area contributed by atoms with Gasteiger partial charge in [-0.15, -0.1) is 0 Å². The van der Waals surface area contributed by atoms with Crippen LogP contribution >= 0.6 is 15.9 Å². The molecule has 1 aromatic rings. The minimum atomic E-state index is 0.401. The second-order valence-electron chi connectivity index (χ2n) is 6.98. The van der Waals surface area contributed by atoms with E-state index in [-0.39, 0.29) is 0 Å². The molecule has 1 fully saturated rings. The van der Waals surface area contributed by atoms with Gasteiger partial charge in [0.1, 0.15) is 0 Å². The molecule has 2 rings (SSSR count). The molecule has 1 heterocycles. The van der Waals surface area contributed by atoms with Crippen LogP contribution in [-0.4, -0.2) is 14.6 Å². The molecular formula is C16H27BrN2. The molecule has 3 unspecified atom stereocenters. The summed E-state index contributed by atoms with van der Waals surface area (Å²) in [6, 6.07) is 2.14. The van der Waals surface area contributed by atoms with Crippen LogP contribution in [-0.2, 0) is 13.5 Å². The van der Waals surface area contributed by atoms with E-state index in [9.17, 15) is 0 Å². The predicted octanol–water partition coefficient (Wildman–Crippen LogP) is 4.58. The molecule has 19 heavy (non-hydrogen) atoms. The van der Waals surface area contributed by atoms with Crippen LogP contribution in [0.25, 0.3) is 0 Å². The standard InChI is InChI=1S/C16H27BrN2/c1-12-5-6-14(15(17)11-12)16(2,3)9-7-13-8-10-18-19(13)4/h8,10,12,14-15H,5-7,9,11H2,1-4H3. The van der Waals surface area contributed by atoms with Crippen molar-refractivity contribution >= 4 is 15.9 Å². The Hall–Kier alpha value is -0.310. The smallest absolute Gasteiger partial charge is 0.0492 e. The highest BCUT2D eigenvalue weighted by atomic mass is 79.9. The first-order chi connectivity index (χ1) is 8.90. The molecule has 0 saturated heterocycles. The number of hydrogen-bond donors (Lipinski definition) is 0. The molecule has 1 aliphatic rings. The van der Waals surface area contributed by atoms with Crippen molar-refractivity contribution < 1.29 is 0 Å². The average Bonchev–Trinajstić information content (AvgIpc) is 2.72. The summed E-state index contributed by atoms with van der Waals surface area (Å²) < 4.78 is 2.00. The first-order valence-electron chi connectivity index (χ1n) is 7.51. The number of alkyl halides is 1. The van der Waals surface area contributed by atoms with E-state index in [1.807, 2.05) is 17.9 Å². The van der Waals surface area contributed by atoms with Gasteiger partial charge in [0, 0.05) is 23.8 Å². The third kappa shape index (κ3) is 3.62. The van der Waals surface area contributed by atoms with Crippen LogP contribution in [0.1, 0.15) is 52.1 Å². The molecule has 108 valence electrons. The van der Waals surface area contributed by atoms with Gasteiger partial charge in [-0.25, -0.2) is 0 Å². The fourth-order valence-corrected chi connectivity index (χ4v) is 5.09. The summed E-state index contributed by atoms with van der Waals surface area (Å²) in [4.78, 5) is 0.692. The normalized spacial score (nSPS) is 28.6. The predicted molar refractivity (Wildman–Crippen MR) is 84.5 cm³/mol. The van der Waals surface area contributed by atoms with E-state index in [1.54, 1.807) is 0 Å². The molecule has 1 aliphatic carbocycles. The van der Waals surface area contributed by atoms with Gasteiger partial charge in [0.2, 0.25) is 0 Å². The van der Waals surface area contributed by atoms with Crippen molar-refractivity contribution in [2.24, 2.45) is 24.3 Å². The van der Waals surface area contributed by atoms with Crippen LogP contribution in [0.3, 0.4) is 0 Å². The number of aromatic nitrogens is 2. The number of nitrogens with zero attached hydrogens (tertiary/aromatic N) is 2. The number of halogens is 1. The maximum atomic E-state index is 4.26. The zero-order valence-electron chi connectivity index (χ0n) is 12.7. The quantitative estimate of drug-likeness (QED) is 0.740. The van der Waals surface area contributed by atoms with Crippen molar-refractivity contribution in [1.29, 1.82) is 0 Å². The second kappa shape index (κ2) is 5.99. The molecule has 0 N–H and O–H groups in total. The Kier molecular flexibility index (Phi) is 4.75. The fraction of sp³-hybridized carbons (Fsp3) is 0.812. The van der Waals surface area contributed by atoms with Crippen molar-refractivity contribution in [1.82, 2.24) is 9.78 Å². The minimum Gasteiger partial charge on any atom is -0.273 e. The molecular weight excluding hydrogens is 300 g/mol. The average molecular weight is 327 g/mol. The van der Waals surface area contributed by atoms with Gasteiger partial charge >= 0.3 is 0 Å². The van der Waals surface area contributed by atoms with E-state index in [0.717, 1.165) is 18.3 Å². The first kappa shape index (κ1) is 15.1. The Labute approximate surface area is 126 Å². The van der Waals surface area contributed by atoms with Gasteiger partial charge in [0.05, 0.1) is 0 Å². The van der Waals surface area contributed by atoms with E-state index in [4.69, 9.17) is 0 Å². The summed E-state index contributed by atoms with van der Waals surface area (Å²) in [7, 11) is 2.04. The fourth-order valence-electron chi connectivity index (χ4n) is 3.47. The summed E-state index contributed by atoms with van der Waals surface area (Å²) >= 11 is 3.95. The first-order valence-corrected chi connectivity index (χ1v) is 8.42. The third-order valence-electron chi connectivity index (χ3n) is 4.99. The van der Waals surface area contributed by atoms with Gasteiger partial charge in [-0.1, -0.05) is 43.1 Å². The third-order valence-corrected chi connectivity index (χ3v) is 6.00. The highest BCUT2D eigenvalue weighted by Crippen LogP contribution is 2.45. The van der Waals surface area contributed by atoms with Crippen LogP contribution in [0.5, 0.6) is 0 Å². The van der Waals surface area contributed by atoms with Crippen LogP contribution in [0, 0.1) is 17.3 Å². The molecule has 0 aliphatic heterocycles. The molecule has 0 radical (unpaired) electrons. The van der Waals surface area contributed by atoms with Crippen LogP contribution in [0.4, 0.5) is 0 Å². The number of hydrogen-bond acceptors (Lipinski definition) is 1. The summed E-state index contributed by atoms with van der Waals surface area (Å²) in [5.41, 5.74) is 1.75. The van der Waals surface area contributed by atoms with Crippen LogP contribution < -0.4 is 0 Å². The minimum absolute atomic E-state index is 0.401. The molecule has 0 bridgehead atoms. The molecule has 2 nitrogen and oxygen atoms in total. The molecule has 0 spiro atoms. The van der Waals surface area contributed by atoms with Gasteiger partial charge in [0.25, 0.3) is 0 Å². The topological polar surface area (TPSA) is 17.8 Å². The SMILES string of the molecule is CC1CCC(C(C)(C)CCc2ccnn2C)C(Br)C1. The Bertz CT molecular complexity index is 411. The van der Waals surface area contributed by atoms with Gasteiger partial charge in [-0.3, -0.25) is 4.68 Å². The lowest BCUT2D eigenvalue weighted by Crippen LogP contribution is -2.36. The lowest BCUT2D eigenvalue weighted by Gasteiger charge is -2.42. The summed E-state index contributed by atoms with van der Waals surface area (Å²) in [5, 5.41) is 4.26. The van der Waals surface area contributed by atoms with Gasteiger partial charge in [0.15, 0.2) is 0 Å². The molecule has 0 amide bonds. The maximum absolute atomic E-state index is 4.26. The van der Waals surface area contributed by atoms with Crippen molar-refractivity contribution in [3.05, 3.63) is 18.0 Å². The summed E-state index contributed by atoms with van der Waals surface area (Å²) in [6.07, 6.45) is 8.37. The molecule has 1 aromatic heterocycles. The monoisotopic (exact) mass is 326 g/mol. The Morgan fingerprint density at radius 1 is 1.42 bits per heavy atom. The van der Waals surface area contributed by atoms with Crippen molar-refractivity contribution in [2.45, 2.75) is 57.7 Å². The Morgan fingerprint density at radius 2 is 2.16 bits per heavy atom. The van der Waals surface area contributed by atoms with E-state index >= 15 is 0 Å². The van der Waals surface area contributed by atoms with Crippen molar-refractivity contribution in [3.8, 4) is 0 Å². The van der Waals surface area contributed by atoms with Crippen molar-refractivity contribution in [3.63, 3.8) is 0 Å². The molecule has 0 aromatic carbocycles. The number of aryl methyl sites for hydroxylation is 2. The number of rotatable bonds is 4. The highest BCUT2D eigenvalue weighted by Gasteiger charge is 2.37. The molecule has 3 atom stereocenters. The second-order valence-corrected chi connectivity index (χ2v) is 8.15. The van der Waals surface area contributed by atoms with Crippen LogP contribution in [0.2, 0.25) is 0 Å². The Balaban J connectivity index is 1.96. The largest absolute Gasteiger partial charge is 0.273 e. The molecule has 3 heteroatoms. The van der Waals surface area contributed by atoms with Gasteiger partial charge < -0.3 is 0 Å². The van der Waals surface area contributed by atoms with E-state index in [2.05, 4.69) is 47.9 Å². The lowest BCUT2D eigenvalue weighted by molar-refractivity contribution is 0.136. The highest BCUT2D eigenvalue weighted by molar-refractivity contribution is 9.09. The zero-order valence-corrected chi connectivity index (χ0v) is 14.3. The zero-order chi connectivity index (χ0) is 14.0. The van der Waals surface area contributed by atoms with E-state index in [0.29, 0.717) is 10.2 Å². The van der Waals surface area contributed by atoms with Crippen LogP contribution in [0.15, 0.2) is 12.3 Å². The van der Waals surface area contributed by atoms with Crippen molar-refractivity contribution in [2.75, 3.05) is 0 Å². The van der Waals surface area contributed by atoms with E-state index < -0.39 is 0 Å². The van der Waals surface area contributed by atoms with Gasteiger partial charge in [-0.2, -0.15) is 5.10 Å². The maximum Gasteiger partial charge on any atom is 0.0492 e. The van der Waals surface area contributed by atoms with E-state index in [1.165, 1.54) is 31.4 Å². The summed E-state index contributed by atoms with van der Waals surface area (Å²) in [5.74, 6) is 1.69. The van der Waals surface area contributed by atoms with Gasteiger partial charge in [-0.05, 0) is 49.0 Å². The lowest BCUT2D eigenvalue weighted by atomic mass is 9.67. The summed E-state index contributed by atoms with van der Waals surface area (Å²) in [6.45, 7) is 7.27.